The number of hydrogen-bond acceptors (Lipinski definition) is 2. The number of fused-ring (bicyclic) bond motifs is 1. The first-order valence-electron chi connectivity index (χ1n) is 7.71. The number of nitrogens with zero attached hydrogens (tertiary/aromatic N) is 2. The van der Waals surface area contributed by atoms with Crippen LogP contribution in [0.1, 0.15) is 23.6 Å². The van der Waals surface area contributed by atoms with E-state index in [9.17, 15) is 22.4 Å². The molecule has 0 saturated heterocycles. The minimum absolute atomic E-state index is 0.00734. The van der Waals surface area contributed by atoms with Gasteiger partial charge in [-0.15, -0.1) is 0 Å². The molecule has 2 aromatic carbocycles. The number of imidazole rings is 1. The number of hydrogen-bond donors (Lipinski definition) is 1. The first kappa shape index (κ1) is 16.3. The Labute approximate surface area is 145 Å². The number of halogens is 4. The Morgan fingerprint density at radius 2 is 1.73 bits per heavy atom. The van der Waals surface area contributed by atoms with Crippen molar-refractivity contribution < 1.29 is 22.4 Å². The third kappa shape index (κ3) is 2.73. The van der Waals surface area contributed by atoms with E-state index >= 15 is 0 Å². The summed E-state index contributed by atoms with van der Waals surface area (Å²) in [5.74, 6) is -4.31. The molecule has 3 aromatic rings. The van der Waals surface area contributed by atoms with Crippen molar-refractivity contribution in [3.05, 3.63) is 77.3 Å². The second kappa shape index (κ2) is 5.98. The first-order chi connectivity index (χ1) is 12.4. The second-order valence-electron chi connectivity index (χ2n) is 5.95. The van der Waals surface area contributed by atoms with Crippen LogP contribution in [0.3, 0.4) is 0 Å². The van der Waals surface area contributed by atoms with Crippen LogP contribution in [0, 0.1) is 23.3 Å². The van der Waals surface area contributed by atoms with Gasteiger partial charge < -0.3 is 5.32 Å². The van der Waals surface area contributed by atoms with Crippen LogP contribution in [-0.4, -0.2) is 15.5 Å². The van der Waals surface area contributed by atoms with Gasteiger partial charge in [0.1, 0.15) is 23.8 Å². The van der Waals surface area contributed by atoms with Crippen molar-refractivity contribution >= 4 is 11.7 Å². The monoisotopic (exact) mass is 361 g/mol. The van der Waals surface area contributed by atoms with E-state index in [1.807, 2.05) is 0 Å². The van der Waals surface area contributed by atoms with Crippen LogP contribution in [0.15, 0.2) is 42.7 Å². The largest absolute Gasteiger partial charge is 0.310 e. The number of rotatable bonds is 2. The van der Waals surface area contributed by atoms with Crippen molar-refractivity contribution in [1.82, 2.24) is 9.55 Å². The van der Waals surface area contributed by atoms with E-state index in [1.54, 1.807) is 0 Å². The first-order valence-corrected chi connectivity index (χ1v) is 7.71. The minimum Gasteiger partial charge on any atom is -0.310 e. The molecule has 0 unspecified atom stereocenters. The van der Waals surface area contributed by atoms with Crippen molar-refractivity contribution in [3.63, 3.8) is 0 Å². The molecule has 1 N–H and O–H groups in total. The summed E-state index contributed by atoms with van der Waals surface area (Å²) in [4.78, 5) is 16.3. The van der Waals surface area contributed by atoms with Gasteiger partial charge in [0, 0.05) is 18.4 Å². The fraction of sp³-hybridized carbons (Fsp3) is 0.111. The molecule has 1 atom stereocenters. The zero-order valence-corrected chi connectivity index (χ0v) is 13.1. The number of benzene rings is 2. The summed E-state index contributed by atoms with van der Waals surface area (Å²) in [6.07, 6.45) is 1.31. The summed E-state index contributed by atoms with van der Waals surface area (Å²) >= 11 is 0. The van der Waals surface area contributed by atoms with E-state index < -0.39 is 29.2 Å². The van der Waals surface area contributed by atoms with Crippen LogP contribution in [0.2, 0.25) is 0 Å². The Balaban J connectivity index is 1.83. The molecule has 0 aliphatic carbocycles. The van der Waals surface area contributed by atoms with Crippen LogP contribution < -0.4 is 5.32 Å². The SMILES string of the molecule is O=C1C[C@H](c2ccc(F)c(F)c2)c2ncn(-c3cc(F)cc(F)c3)c2N1. The van der Waals surface area contributed by atoms with E-state index in [0.29, 0.717) is 11.3 Å². The van der Waals surface area contributed by atoms with Gasteiger partial charge in [-0.1, -0.05) is 6.07 Å². The van der Waals surface area contributed by atoms with E-state index in [1.165, 1.54) is 17.0 Å². The maximum Gasteiger partial charge on any atom is 0.226 e. The number of anilines is 1. The Hall–Kier alpha value is -3.16. The lowest BCUT2D eigenvalue weighted by molar-refractivity contribution is -0.116. The third-order valence-electron chi connectivity index (χ3n) is 4.24. The molecule has 0 fully saturated rings. The molecule has 0 radical (unpaired) electrons. The summed E-state index contributed by atoms with van der Waals surface area (Å²) < 4.78 is 55.1. The van der Waals surface area contributed by atoms with Gasteiger partial charge in [-0.25, -0.2) is 22.5 Å². The maximum absolute atomic E-state index is 13.6. The number of amides is 1. The summed E-state index contributed by atoms with van der Waals surface area (Å²) in [6.45, 7) is 0. The van der Waals surface area contributed by atoms with E-state index in [-0.39, 0.29) is 23.8 Å². The van der Waals surface area contributed by atoms with Gasteiger partial charge >= 0.3 is 0 Å². The third-order valence-corrected chi connectivity index (χ3v) is 4.24. The van der Waals surface area contributed by atoms with E-state index in [0.717, 1.165) is 30.3 Å². The summed E-state index contributed by atoms with van der Waals surface area (Å²) in [6, 6.07) is 6.30. The quantitative estimate of drug-likeness (QED) is 0.704. The summed E-state index contributed by atoms with van der Waals surface area (Å²) in [5, 5.41) is 2.62. The second-order valence-corrected chi connectivity index (χ2v) is 5.95. The standard InChI is InChI=1S/C18H11F4N3O/c19-10-4-11(20)6-12(5-10)25-8-23-17-13(7-16(26)24-18(17)25)9-1-2-14(21)15(22)3-9/h1-6,8,13H,7H2,(H,24,26)/t13-/m1/s1. The minimum atomic E-state index is -1.03. The molecular formula is C18H11F4N3O. The van der Waals surface area contributed by atoms with Gasteiger partial charge in [0.2, 0.25) is 5.91 Å². The van der Waals surface area contributed by atoms with Gasteiger partial charge in [-0.3, -0.25) is 9.36 Å². The number of carbonyl (C=O) groups is 1. The highest BCUT2D eigenvalue weighted by Crippen LogP contribution is 2.37. The fourth-order valence-electron chi connectivity index (χ4n) is 3.09. The number of carbonyl (C=O) groups excluding carboxylic acids is 1. The molecule has 8 heteroatoms. The fourth-order valence-corrected chi connectivity index (χ4v) is 3.09. The normalized spacial score (nSPS) is 16.3. The number of aromatic nitrogens is 2. The lowest BCUT2D eigenvalue weighted by atomic mass is 9.89. The van der Waals surface area contributed by atoms with Crippen LogP contribution in [0.5, 0.6) is 0 Å². The average Bonchev–Trinajstić information content (AvgIpc) is 2.99. The van der Waals surface area contributed by atoms with Crippen LogP contribution in [0.25, 0.3) is 5.69 Å². The zero-order chi connectivity index (χ0) is 18.4. The summed E-state index contributed by atoms with van der Waals surface area (Å²) in [7, 11) is 0. The van der Waals surface area contributed by atoms with Crippen LogP contribution in [0.4, 0.5) is 23.4 Å². The highest BCUT2D eigenvalue weighted by molar-refractivity contribution is 5.94. The Bertz CT molecular complexity index is 1010. The van der Waals surface area contributed by atoms with Gasteiger partial charge in [-0.2, -0.15) is 0 Å². The van der Waals surface area contributed by atoms with E-state index in [2.05, 4.69) is 10.3 Å². The molecule has 4 rings (SSSR count). The predicted molar refractivity (Wildman–Crippen MR) is 84.9 cm³/mol. The molecule has 0 bridgehead atoms. The van der Waals surface area contributed by atoms with Crippen molar-refractivity contribution in [2.24, 2.45) is 0 Å². The molecule has 1 amide bonds. The molecule has 1 aliphatic heterocycles. The molecule has 0 spiro atoms. The summed E-state index contributed by atoms with van der Waals surface area (Å²) in [5.41, 5.74) is 0.929. The maximum atomic E-state index is 13.6. The molecule has 4 nitrogen and oxygen atoms in total. The van der Waals surface area contributed by atoms with Crippen LogP contribution in [-0.2, 0) is 4.79 Å². The Kier molecular flexibility index (Phi) is 3.75. The van der Waals surface area contributed by atoms with Gasteiger partial charge in [0.15, 0.2) is 11.6 Å². The molecule has 1 aromatic heterocycles. The van der Waals surface area contributed by atoms with Crippen molar-refractivity contribution in [2.45, 2.75) is 12.3 Å². The Morgan fingerprint density at radius 1 is 1.00 bits per heavy atom. The van der Waals surface area contributed by atoms with Gasteiger partial charge in [0.05, 0.1) is 11.4 Å². The van der Waals surface area contributed by atoms with Gasteiger partial charge in [0.25, 0.3) is 0 Å². The molecule has 132 valence electrons. The highest BCUT2D eigenvalue weighted by Gasteiger charge is 2.31. The average molecular weight is 361 g/mol. The van der Waals surface area contributed by atoms with Gasteiger partial charge in [-0.05, 0) is 29.8 Å². The molecule has 1 aliphatic rings. The molecule has 26 heavy (non-hydrogen) atoms. The van der Waals surface area contributed by atoms with Crippen molar-refractivity contribution in [1.29, 1.82) is 0 Å². The van der Waals surface area contributed by atoms with Crippen molar-refractivity contribution in [3.8, 4) is 5.69 Å². The Morgan fingerprint density at radius 3 is 2.42 bits per heavy atom. The zero-order valence-electron chi connectivity index (χ0n) is 13.1. The smallest absolute Gasteiger partial charge is 0.226 e. The molecule has 2 heterocycles. The van der Waals surface area contributed by atoms with E-state index in [4.69, 9.17) is 0 Å². The highest BCUT2D eigenvalue weighted by atomic mass is 19.2. The number of nitrogens with one attached hydrogen (secondary N) is 1. The van der Waals surface area contributed by atoms with Crippen LogP contribution >= 0.6 is 0 Å². The molecular weight excluding hydrogens is 350 g/mol. The molecule has 0 saturated carbocycles. The topological polar surface area (TPSA) is 46.9 Å². The lowest BCUT2D eigenvalue weighted by Gasteiger charge is -2.23. The lowest BCUT2D eigenvalue weighted by Crippen LogP contribution is -2.25. The predicted octanol–water partition coefficient (Wildman–Crippen LogP) is 3.90. The van der Waals surface area contributed by atoms with Crippen molar-refractivity contribution in [2.75, 3.05) is 5.32 Å².